The van der Waals surface area contributed by atoms with E-state index in [1.165, 1.54) is 32.4 Å². The minimum Gasteiger partial charge on any atom is -0.299 e. The average molecular weight is 195 g/mol. The predicted molar refractivity (Wildman–Crippen MR) is 57.2 cm³/mol. The van der Waals surface area contributed by atoms with Gasteiger partial charge < -0.3 is 0 Å². The molecule has 1 aliphatic heterocycles. The van der Waals surface area contributed by atoms with Crippen molar-refractivity contribution >= 4 is 5.78 Å². The van der Waals surface area contributed by atoms with Gasteiger partial charge in [-0.05, 0) is 19.3 Å². The normalized spacial score (nSPS) is 30.4. The summed E-state index contributed by atoms with van der Waals surface area (Å²) in [7, 11) is 0. The minimum atomic E-state index is 0.381. The standard InChI is InChI=1S/C12H21NO/c1-2-5-11(13-8-9-13)10-6-3-4-7-12(10)14/h10-11H,2-9H2,1H3/t10-,11-/m0/s1. The molecule has 1 aliphatic carbocycles. The van der Waals surface area contributed by atoms with Gasteiger partial charge in [0, 0.05) is 31.5 Å². The number of rotatable bonds is 4. The molecule has 0 aromatic rings. The first-order valence-corrected chi connectivity index (χ1v) is 6.09. The molecule has 0 unspecified atom stereocenters. The van der Waals surface area contributed by atoms with E-state index in [0.717, 1.165) is 19.3 Å². The topological polar surface area (TPSA) is 20.1 Å². The Morgan fingerprint density at radius 3 is 2.79 bits per heavy atom. The van der Waals surface area contributed by atoms with E-state index < -0.39 is 0 Å². The lowest BCUT2D eigenvalue weighted by atomic mass is 9.81. The number of carbonyl (C=O) groups excluding carboxylic acids is 1. The van der Waals surface area contributed by atoms with E-state index >= 15 is 0 Å². The molecule has 0 N–H and O–H groups in total. The molecule has 2 nitrogen and oxygen atoms in total. The Bertz CT molecular complexity index is 210. The Morgan fingerprint density at radius 1 is 1.43 bits per heavy atom. The molecule has 80 valence electrons. The molecular weight excluding hydrogens is 174 g/mol. The molecule has 0 aromatic heterocycles. The number of Topliss-reactive ketones (excluding diaryl/α,β-unsaturated/α-hetero) is 1. The van der Waals surface area contributed by atoms with E-state index in [9.17, 15) is 4.79 Å². The van der Waals surface area contributed by atoms with Crippen LogP contribution in [0, 0.1) is 5.92 Å². The summed E-state index contributed by atoms with van der Waals surface area (Å²) in [6.07, 6.45) is 6.83. The number of nitrogens with zero attached hydrogens (tertiary/aromatic N) is 1. The van der Waals surface area contributed by atoms with Crippen LogP contribution in [-0.4, -0.2) is 29.8 Å². The van der Waals surface area contributed by atoms with Crippen molar-refractivity contribution in [3.05, 3.63) is 0 Å². The summed E-state index contributed by atoms with van der Waals surface area (Å²) in [5.74, 6) is 0.924. The van der Waals surface area contributed by atoms with E-state index in [0.29, 0.717) is 17.7 Å². The Balaban J connectivity index is 1.96. The lowest BCUT2D eigenvalue weighted by Gasteiger charge is -2.29. The second kappa shape index (κ2) is 4.43. The van der Waals surface area contributed by atoms with E-state index in [-0.39, 0.29) is 0 Å². The molecule has 0 radical (unpaired) electrons. The molecule has 0 aromatic carbocycles. The summed E-state index contributed by atoms with van der Waals surface area (Å²) in [4.78, 5) is 14.3. The van der Waals surface area contributed by atoms with E-state index in [2.05, 4.69) is 11.8 Å². The van der Waals surface area contributed by atoms with Gasteiger partial charge in [0.25, 0.3) is 0 Å². The van der Waals surface area contributed by atoms with E-state index in [4.69, 9.17) is 0 Å². The van der Waals surface area contributed by atoms with Crippen LogP contribution in [0.1, 0.15) is 45.4 Å². The van der Waals surface area contributed by atoms with Crippen LogP contribution in [-0.2, 0) is 4.79 Å². The Kier molecular flexibility index (Phi) is 3.22. The number of ketones is 1. The lowest BCUT2D eigenvalue weighted by Crippen LogP contribution is -2.36. The summed E-state index contributed by atoms with van der Waals surface area (Å²) in [5, 5.41) is 0. The van der Waals surface area contributed by atoms with Gasteiger partial charge in [0.05, 0.1) is 0 Å². The highest BCUT2D eigenvalue weighted by Gasteiger charge is 2.37. The molecular formula is C12H21NO. The van der Waals surface area contributed by atoms with Crippen LogP contribution in [0.4, 0.5) is 0 Å². The molecule has 2 fully saturated rings. The first-order valence-electron chi connectivity index (χ1n) is 6.09. The molecule has 0 spiro atoms. The second-order valence-electron chi connectivity index (χ2n) is 4.71. The number of hydrogen-bond donors (Lipinski definition) is 0. The Hall–Kier alpha value is -0.370. The summed E-state index contributed by atoms with van der Waals surface area (Å²) >= 11 is 0. The third-order valence-corrected chi connectivity index (χ3v) is 3.60. The molecule has 2 atom stereocenters. The fraction of sp³-hybridized carbons (Fsp3) is 0.917. The summed E-state index contributed by atoms with van der Waals surface area (Å²) in [6.45, 7) is 4.69. The zero-order valence-electron chi connectivity index (χ0n) is 9.17. The van der Waals surface area contributed by atoms with Crippen molar-refractivity contribution < 1.29 is 4.79 Å². The van der Waals surface area contributed by atoms with Crippen molar-refractivity contribution in [1.82, 2.24) is 4.90 Å². The van der Waals surface area contributed by atoms with Gasteiger partial charge in [0.2, 0.25) is 0 Å². The zero-order valence-corrected chi connectivity index (χ0v) is 9.17. The fourth-order valence-corrected chi connectivity index (χ4v) is 2.74. The maximum Gasteiger partial charge on any atom is 0.137 e. The third kappa shape index (κ3) is 2.17. The van der Waals surface area contributed by atoms with Crippen LogP contribution in [0.25, 0.3) is 0 Å². The van der Waals surface area contributed by atoms with E-state index in [1.807, 2.05) is 0 Å². The Morgan fingerprint density at radius 2 is 2.21 bits per heavy atom. The first kappa shape index (κ1) is 10.2. The van der Waals surface area contributed by atoms with Gasteiger partial charge in [-0.3, -0.25) is 9.69 Å². The van der Waals surface area contributed by atoms with Crippen LogP contribution < -0.4 is 0 Å². The SMILES string of the molecule is CCC[C@@H]([C@@H]1CCCCC1=O)N1CC1. The van der Waals surface area contributed by atoms with Crippen LogP contribution in [0.15, 0.2) is 0 Å². The highest BCUT2D eigenvalue weighted by atomic mass is 16.1. The molecule has 0 bridgehead atoms. The van der Waals surface area contributed by atoms with Crippen LogP contribution in [0.3, 0.4) is 0 Å². The molecule has 2 aliphatic rings. The average Bonchev–Trinajstić information content (AvgIpc) is 2.99. The predicted octanol–water partition coefficient (Wildman–Crippen LogP) is 2.23. The maximum absolute atomic E-state index is 11.8. The molecule has 2 rings (SSSR count). The highest BCUT2D eigenvalue weighted by molar-refractivity contribution is 5.82. The second-order valence-corrected chi connectivity index (χ2v) is 4.71. The van der Waals surface area contributed by atoms with Gasteiger partial charge in [-0.1, -0.05) is 19.8 Å². The summed E-state index contributed by atoms with van der Waals surface area (Å²) < 4.78 is 0. The summed E-state index contributed by atoms with van der Waals surface area (Å²) in [5.41, 5.74) is 0. The van der Waals surface area contributed by atoms with Crippen LogP contribution in [0.5, 0.6) is 0 Å². The first-order chi connectivity index (χ1) is 6.83. The molecule has 1 saturated carbocycles. The Labute approximate surface area is 86.7 Å². The third-order valence-electron chi connectivity index (χ3n) is 3.60. The van der Waals surface area contributed by atoms with Crippen molar-refractivity contribution in [1.29, 1.82) is 0 Å². The molecule has 1 heterocycles. The highest BCUT2D eigenvalue weighted by Crippen LogP contribution is 2.31. The van der Waals surface area contributed by atoms with Crippen LogP contribution in [0.2, 0.25) is 0 Å². The molecule has 2 heteroatoms. The monoisotopic (exact) mass is 195 g/mol. The summed E-state index contributed by atoms with van der Waals surface area (Å²) in [6, 6.07) is 0.591. The molecule has 1 saturated heterocycles. The van der Waals surface area contributed by atoms with Crippen molar-refractivity contribution in [2.75, 3.05) is 13.1 Å². The fourth-order valence-electron chi connectivity index (χ4n) is 2.74. The van der Waals surface area contributed by atoms with Gasteiger partial charge in [-0.15, -0.1) is 0 Å². The zero-order chi connectivity index (χ0) is 9.97. The quantitative estimate of drug-likeness (QED) is 0.641. The van der Waals surface area contributed by atoms with Crippen molar-refractivity contribution in [3.63, 3.8) is 0 Å². The number of carbonyl (C=O) groups is 1. The number of hydrogen-bond acceptors (Lipinski definition) is 2. The van der Waals surface area contributed by atoms with Gasteiger partial charge >= 0.3 is 0 Å². The van der Waals surface area contributed by atoms with Crippen LogP contribution >= 0.6 is 0 Å². The lowest BCUT2D eigenvalue weighted by molar-refractivity contribution is -0.126. The van der Waals surface area contributed by atoms with Crippen molar-refractivity contribution in [3.8, 4) is 0 Å². The van der Waals surface area contributed by atoms with Crippen molar-refractivity contribution in [2.45, 2.75) is 51.5 Å². The largest absolute Gasteiger partial charge is 0.299 e. The molecule has 0 amide bonds. The van der Waals surface area contributed by atoms with Gasteiger partial charge in [0.1, 0.15) is 5.78 Å². The smallest absolute Gasteiger partial charge is 0.137 e. The van der Waals surface area contributed by atoms with Gasteiger partial charge in [-0.2, -0.15) is 0 Å². The minimum absolute atomic E-state index is 0.381. The molecule has 14 heavy (non-hydrogen) atoms. The van der Waals surface area contributed by atoms with Gasteiger partial charge in [-0.25, -0.2) is 0 Å². The van der Waals surface area contributed by atoms with E-state index in [1.54, 1.807) is 0 Å². The maximum atomic E-state index is 11.8. The van der Waals surface area contributed by atoms with Gasteiger partial charge in [0.15, 0.2) is 0 Å². The van der Waals surface area contributed by atoms with Crippen molar-refractivity contribution in [2.24, 2.45) is 5.92 Å².